The van der Waals surface area contributed by atoms with Crippen LogP contribution in [0.3, 0.4) is 0 Å². The Hall–Kier alpha value is -2.17. The molecule has 0 bridgehead atoms. The zero-order valence-electron chi connectivity index (χ0n) is 12.7. The number of nitrogens with zero attached hydrogens (tertiary/aromatic N) is 2. The lowest BCUT2D eigenvalue weighted by Crippen LogP contribution is -2.35. The van der Waals surface area contributed by atoms with Crippen molar-refractivity contribution in [1.82, 2.24) is 9.88 Å². The number of rotatable bonds is 7. The van der Waals surface area contributed by atoms with E-state index in [2.05, 4.69) is 18.8 Å². The van der Waals surface area contributed by atoms with Crippen molar-refractivity contribution in [2.24, 2.45) is 5.92 Å². The average molecular weight is 290 g/mol. The van der Waals surface area contributed by atoms with Crippen LogP contribution in [0.1, 0.15) is 43.2 Å². The SMILES string of the molecule is CCC(C)CN(CC)C(=O)c1ncccc1/C=C/C(=O)O. The molecule has 0 saturated heterocycles. The Bertz CT molecular complexity index is 526. The predicted molar refractivity (Wildman–Crippen MR) is 81.9 cm³/mol. The van der Waals surface area contributed by atoms with Crippen LogP contribution in [0.2, 0.25) is 0 Å². The van der Waals surface area contributed by atoms with Gasteiger partial charge in [0.15, 0.2) is 0 Å². The second-order valence-corrected chi connectivity index (χ2v) is 4.97. The van der Waals surface area contributed by atoms with Crippen molar-refractivity contribution in [2.75, 3.05) is 13.1 Å². The number of carboxylic acid groups (broad SMARTS) is 1. The molecule has 0 aromatic carbocycles. The third kappa shape index (κ3) is 5.02. The van der Waals surface area contributed by atoms with Gasteiger partial charge in [-0.3, -0.25) is 9.78 Å². The number of hydrogen-bond donors (Lipinski definition) is 1. The largest absolute Gasteiger partial charge is 0.478 e. The molecular weight excluding hydrogens is 268 g/mol. The maximum Gasteiger partial charge on any atom is 0.328 e. The van der Waals surface area contributed by atoms with E-state index in [9.17, 15) is 9.59 Å². The van der Waals surface area contributed by atoms with Gasteiger partial charge in [0.1, 0.15) is 5.69 Å². The standard InChI is InChI=1S/C16H22N2O3/c1-4-12(3)11-18(5-2)16(21)15-13(7-6-10-17-15)8-9-14(19)20/h6-10,12H,4-5,11H2,1-3H3,(H,19,20)/b9-8+. The normalized spacial score (nSPS) is 12.3. The Labute approximate surface area is 125 Å². The van der Waals surface area contributed by atoms with Crippen LogP contribution in [0.4, 0.5) is 0 Å². The molecule has 0 radical (unpaired) electrons. The number of carboxylic acids is 1. The first kappa shape index (κ1) is 16.9. The van der Waals surface area contributed by atoms with E-state index in [-0.39, 0.29) is 5.91 Å². The summed E-state index contributed by atoms with van der Waals surface area (Å²) in [6, 6.07) is 3.38. The van der Waals surface area contributed by atoms with Crippen molar-refractivity contribution in [3.05, 3.63) is 35.7 Å². The first-order chi connectivity index (χ1) is 9.99. The second kappa shape index (κ2) is 8.19. The van der Waals surface area contributed by atoms with Crippen LogP contribution < -0.4 is 0 Å². The van der Waals surface area contributed by atoms with Gasteiger partial charge in [-0.25, -0.2) is 4.79 Å². The Morgan fingerprint density at radius 2 is 2.14 bits per heavy atom. The fraction of sp³-hybridized carbons (Fsp3) is 0.438. The van der Waals surface area contributed by atoms with Crippen LogP contribution in [0.5, 0.6) is 0 Å². The van der Waals surface area contributed by atoms with Crippen molar-refractivity contribution in [3.63, 3.8) is 0 Å². The molecule has 114 valence electrons. The summed E-state index contributed by atoms with van der Waals surface area (Å²) >= 11 is 0. The summed E-state index contributed by atoms with van der Waals surface area (Å²) in [5, 5.41) is 8.71. The summed E-state index contributed by atoms with van der Waals surface area (Å²) in [7, 11) is 0. The number of hydrogen-bond acceptors (Lipinski definition) is 3. The molecule has 1 aromatic heterocycles. The Morgan fingerprint density at radius 1 is 1.43 bits per heavy atom. The molecule has 1 rings (SSSR count). The molecule has 0 saturated carbocycles. The van der Waals surface area contributed by atoms with Crippen molar-refractivity contribution in [2.45, 2.75) is 27.2 Å². The maximum absolute atomic E-state index is 12.6. The van der Waals surface area contributed by atoms with Crippen LogP contribution in [0, 0.1) is 5.92 Å². The summed E-state index contributed by atoms with van der Waals surface area (Å²) in [6.45, 7) is 7.38. The maximum atomic E-state index is 12.6. The number of carbonyl (C=O) groups is 2. The summed E-state index contributed by atoms with van der Waals surface area (Å²) in [6.07, 6.45) is 4.96. The minimum atomic E-state index is -1.05. The lowest BCUT2D eigenvalue weighted by atomic mass is 10.1. The summed E-state index contributed by atoms with van der Waals surface area (Å²) in [4.78, 5) is 29.1. The molecule has 1 aromatic rings. The van der Waals surface area contributed by atoms with Gasteiger partial charge in [-0.1, -0.05) is 26.3 Å². The first-order valence-electron chi connectivity index (χ1n) is 7.14. The molecule has 1 heterocycles. The molecule has 1 amide bonds. The Balaban J connectivity index is 3.02. The molecule has 1 unspecified atom stereocenters. The van der Waals surface area contributed by atoms with E-state index in [1.807, 2.05) is 6.92 Å². The van der Waals surface area contributed by atoms with E-state index in [0.29, 0.717) is 30.3 Å². The molecule has 0 aliphatic rings. The van der Waals surface area contributed by atoms with Crippen LogP contribution in [-0.2, 0) is 4.79 Å². The molecule has 0 fully saturated rings. The number of amides is 1. The number of aromatic nitrogens is 1. The molecule has 1 N–H and O–H groups in total. The van der Waals surface area contributed by atoms with Crippen molar-refractivity contribution in [3.8, 4) is 0 Å². The highest BCUT2D eigenvalue weighted by atomic mass is 16.4. The van der Waals surface area contributed by atoms with E-state index < -0.39 is 5.97 Å². The minimum absolute atomic E-state index is 0.163. The zero-order valence-corrected chi connectivity index (χ0v) is 12.7. The van der Waals surface area contributed by atoms with Gasteiger partial charge in [0.25, 0.3) is 5.91 Å². The van der Waals surface area contributed by atoms with Gasteiger partial charge in [0, 0.05) is 30.9 Å². The molecule has 0 aliphatic carbocycles. The van der Waals surface area contributed by atoms with Crippen LogP contribution >= 0.6 is 0 Å². The fourth-order valence-electron chi connectivity index (χ4n) is 1.90. The summed E-state index contributed by atoms with van der Waals surface area (Å²) in [5.74, 6) is -0.803. The number of pyridine rings is 1. The third-order valence-electron chi connectivity index (χ3n) is 3.34. The van der Waals surface area contributed by atoms with Gasteiger partial charge in [-0.05, 0) is 25.0 Å². The van der Waals surface area contributed by atoms with Crippen molar-refractivity contribution in [1.29, 1.82) is 0 Å². The monoisotopic (exact) mass is 290 g/mol. The van der Waals surface area contributed by atoms with Crippen LogP contribution in [0.25, 0.3) is 6.08 Å². The van der Waals surface area contributed by atoms with E-state index >= 15 is 0 Å². The highest BCUT2D eigenvalue weighted by Crippen LogP contribution is 2.13. The lowest BCUT2D eigenvalue weighted by molar-refractivity contribution is -0.131. The fourth-order valence-corrected chi connectivity index (χ4v) is 1.90. The molecular formula is C16H22N2O3. The van der Waals surface area contributed by atoms with Gasteiger partial charge in [-0.2, -0.15) is 0 Å². The first-order valence-corrected chi connectivity index (χ1v) is 7.14. The highest BCUT2D eigenvalue weighted by molar-refractivity contribution is 5.97. The Kier molecular flexibility index (Phi) is 6.59. The molecule has 21 heavy (non-hydrogen) atoms. The van der Waals surface area contributed by atoms with E-state index in [1.165, 1.54) is 6.08 Å². The van der Waals surface area contributed by atoms with E-state index in [0.717, 1.165) is 12.5 Å². The van der Waals surface area contributed by atoms with Crippen LogP contribution in [0.15, 0.2) is 24.4 Å². The Morgan fingerprint density at radius 3 is 2.71 bits per heavy atom. The predicted octanol–water partition coefficient (Wildman–Crippen LogP) is 2.69. The lowest BCUT2D eigenvalue weighted by Gasteiger charge is -2.24. The minimum Gasteiger partial charge on any atom is -0.478 e. The van der Waals surface area contributed by atoms with E-state index in [4.69, 9.17) is 5.11 Å². The highest BCUT2D eigenvalue weighted by Gasteiger charge is 2.19. The van der Waals surface area contributed by atoms with Gasteiger partial charge >= 0.3 is 5.97 Å². The van der Waals surface area contributed by atoms with Crippen molar-refractivity contribution < 1.29 is 14.7 Å². The molecule has 0 aliphatic heterocycles. The van der Waals surface area contributed by atoms with Gasteiger partial charge in [0.2, 0.25) is 0 Å². The summed E-state index contributed by atoms with van der Waals surface area (Å²) < 4.78 is 0. The van der Waals surface area contributed by atoms with E-state index in [1.54, 1.807) is 23.2 Å². The number of carbonyl (C=O) groups excluding carboxylic acids is 1. The van der Waals surface area contributed by atoms with Gasteiger partial charge < -0.3 is 10.0 Å². The average Bonchev–Trinajstić information content (AvgIpc) is 2.49. The molecule has 5 nitrogen and oxygen atoms in total. The van der Waals surface area contributed by atoms with Gasteiger partial charge in [0.05, 0.1) is 0 Å². The van der Waals surface area contributed by atoms with Crippen molar-refractivity contribution >= 4 is 18.0 Å². The molecule has 0 spiro atoms. The molecule has 5 heteroatoms. The smallest absolute Gasteiger partial charge is 0.328 e. The zero-order chi connectivity index (χ0) is 15.8. The molecule has 1 atom stereocenters. The third-order valence-corrected chi connectivity index (χ3v) is 3.34. The topological polar surface area (TPSA) is 70.5 Å². The quantitative estimate of drug-likeness (QED) is 0.784. The summed E-state index contributed by atoms with van der Waals surface area (Å²) in [5.41, 5.74) is 0.813. The van der Waals surface area contributed by atoms with Crippen LogP contribution in [-0.4, -0.2) is 40.0 Å². The second-order valence-electron chi connectivity index (χ2n) is 4.97. The van der Waals surface area contributed by atoms with Gasteiger partial charge in [-0.15, -0.1) is 0 Å². The number of aliphatic carboxylic acids is 1.